The quantitative estimate of drug-likeness (QED) is 0.584. The number of piperidine rings is 2. The van der Waals surface area contributed by atoms with E-state index in [1.165, 1.54) is 0 Å². The summed E-state index contributed by atoms with van der Waals surface area (Å²) >= 11 is 0. The fourth-order valence-corrected chi connectivity index (χ4v) is 4.87. The molecule has 2 aliphatic rings. The molecule has 4 nitrogen and oxygen atoms in total. The molecule has 2 aliphatic heterocycles. The number of rotatable bonds is 5. The van der Waals surface area contributed by atoms with E-state index in [1.807, 2.05) is 18.2 Å². The molecule has 3 atom stereocenters. The molecular formula is C24H24F6N2O2. The molecule has 184 valence electrons. The van der Waals surface area contributed by atoms with Gasteiger partial charge in [-0.3, -0.25) is 4.79 Å². The van der Waals surface area contributed by atoms with E-state index in [0.717, 1.165) is 24.9 Å². The minimum Gasteiger partial charge on any atom is -0.374 e. The lowest BCUT2D eigenvalue weighted by Gasteiger charge is -2.47. The molecule has 0 radical (unpaired) electrons. The molecule has 0 bridgehead atoms. The second-order valence-electron chi connectivity index (χ2n) is 8.88. The fraction of sp³-hybridized carbons (Fsp3) is 0.458. The van der Waals surface area contributed by atoms with Crippen molar-refractivity contribution in [2.45, 2.75) is 49.8 Å². The second kappa shape index (κ2) is 9.22. The lowest BCUT2D eigenvalue weighted by Crippen LogP contribution is -2.64. The number of halogens is 6. The molecule has 2 aromatic rings. The van der Waals surface area contributed by atoms with Gasteiger partial charge in [0.1, 0.15) is 0 Å². The van der Waals surface area contributed by atoms with Gasteiger partial charge < -0.3 is 15.4 Å². The summed E-state index contributed by atoms with van der Waals surface area (Å²) < 4.78 is 84.7. The highest BCUT2D eigenvalue weighted by atomic mass is 19.4. The highest BCUT2D eigenvalue weighted by molar-refractivity contribution is 5.84. The molecule has 2 N–H and O–H groups in total. The maximum atomic E-state index is 13.2. The third-order valence-corrected chi connectivity index (χ3v) is 6.43. The Balaban J connectivity index is 1.58. The molecule has 0 unspecified atom stereocenters. The van der Waals surface area contributed by atoms with Crippen LogP contribution in [0.2, 0.25) is 0 Å². The third kappa shape index (κ3) is 5.22. The summed E-state index contributed by atoms with van der Waals surface area (Å²) in [5, 5.41) is 6.23. The van der Waals surface area contributed by atoms with Crippen molar-refractivity contribution in [3.8, 4) is 0 Å². The Labute approximate surface area is 192 Å². The van der Waals surface area contributed by atoms with Gasteiger partial charge in [-0.2, -0.15) is 26.3 Å². The molecular weight excluding hydrogens is 462 g/mol. The highest BCUT2D eigenvalue weighted by Gasteiger charge is 2.47. The van der Waals surface area contributed by atoms with E-state index in [1.54, 1.807) is 12.1 Å². The van der Waals surface area contributed by atoms with Gasteiger partial charge >= 0.3 is 12.4 Å². The molecule has 2 aromatic carbocycles. The zero-order valence-electron chi connectivity index (χ0n) is 18.1. The molecule has 0 aromatic heterocycles. The van der Waals surface area contributed by atoms with Gasteiger partial charge in [0.15, 0.2) is 0 Å². The molecule has 0 aliphatic carbocycles. The Morgan fingerprint density at radius 1 is 0.971 bits per heavy atom. The van der Waals surface area contributed by atoms with Gasteiger partial charge in [-0.25, -0.2) is 0 Å². The predicted octanol–water partition coefficient (Wildman–Crippen LogP) is 5.02. The van der Waals surface area contributed by atoms with Crippen LogP contribution in [-0.4, -0.2) is 25.1 Å². The van der Waals surface area contributed by atoms with E-state index >= 15 is 0 Å². The summed E-state index contributed by atoms with van der Waals surface area (Å²) in [6.45, 7) is 0.174. The van der Waals surface area contributed by atoms with Crippen LogP contribution in [0.15, 0.2) is 48.5 Å². The Kier molecular flexibility index (Phi) is 6.65. The number of nitrogens with one attached hydrogen (secondary N) is 2. The first-order chi connectivity index (χ1) is 16.0. The smallest absolute Gasteiger partial charge is 0.374 e. The van der Waals surface area contributed by atoms with Crippen molar-refractivity contribution in [2.24, 2.45) is 5.92 Å². The van der Waals surface area contributed by atoms with Gasteiger partial charge in [-0.15, -0.1) is 0 Å². The zero-order chi connectivity index (χ0) is 24.6. The summed E-state index contributed by atoms with van der Waals surface area (Å²) in [5.41, 5.74) is -3.19. The average Bonchev–Trinajstić information content (AvgIpc) is 2.78. The van der Waals surface area contributed by atoms with Gasteiger partial charge in [-0.05, 0) is 61.1 Å². The molecule has 0 spiro atoms. The number of alkyl halides is 6. The van der Waals surface area contributed by atoms with Crippen LogP contribution in [0.1, 0.15) is 41.5 Å². The number of carbonyl (C=O) groups excluding carboxylic acids is 1. The molecule has 2 saturated heterocycles. The number of amides is 1. The first-order valence-electron chi connectivity index (χ1n) is 10.9. The number of hydrogen-bond donors (Lipinski definition) is 2. The van der Waals surface area contributed by atoms with Gasteiger partial charge in [-0.1, -0.05) is 30.3 Å². The number of fused-ring (bicyclic) bond motifs is 1. The SMILES string of the molecule is O=C1N[C@@](COCc2cc(C(F)(F)F)cc(C(F)(F)F)c2)(c2ccccc2)C[C@@H]2CCCN[C@H]12. The van der Waals surface area contributed by atoms with Crippen LogP contribution in [0.3, 0.4) is 0 Å². The molecule has 2 fully saturated rings. The minimum atomic E-state index is -4.93. The second-order valence-corrected chi connectivity index (χ2v) is 8.88. The van der Waals surface area contributed by atoms with Gasteiger partial charge in [0, 0.05) is 0 Å². The van der Waals surface area contributed by atoms with Crippen molar-refractivity contribution in [1.29, 1.82) is 0 Å². The first kappa shape index (κ1) is 24.5. The maximum absolute atomic E-state index is 13.2. The topological polar surface area (TPSA) is 50.4 Å². The molecule has 0 saturated carbocycles. The van der Waals surface area contributed by atoms with Crippen LogP contribution >= 0.6 is 0 Å². The fourth-order valence-electron chi connectivity index (χ4n) is 4.87. The van der Waals surface area contributed by atoms with E-state index in [2.05, 4.69) is 10.6 Å². The number of hydrogen-bond acceptors (Lipinski definition) is 3. The Morgan fingerprint density at radius 3 is 2.24 bits per heavy atom. The van der Waals surface area contributed by atoms with Crippen molar-refractivity contribution in [3.05, 3.63) is 70.8 Å². The largest absolute Gasteiger partial charge is 0.416 e. The van der Waals surface area contributed by atoms with E-state index in [0.29, 0.717) is 18.6 Å². The van der Waals surface area contributed by atoms with E-state index in [4.69, 9.17) is 4.74 Å². The number of carbonyl (C=O) groups is 1. The summed E-state index contributed by atoms with van der Waals surface area (Å²) in [5.74, 6) is -0.154. The van der Waals surface area contributed by atoms with Crippen LogP contribution in [0, 0.1) is 5.92 Å². The summed E-state index contributed by atoms with van der Waals surface area (Å²) in [6, 6.07) is 10.1. The van der Waals surface area contributed by atoms with Crippen LogP contribution in [0.5, 0.6) is 0 Å². The lowest BCUT2D eigenvalue weighted by molar-refractivity contribution is -0.143. The van der Waals surface area contributed by atoms with E-state index < -0.39 is 35.6 Å². The van der Waals surface area contributed by atoms with Crippen LogP contribution in [0.25, 0.3) is 0 Å². The van der Waals surface area contributed by atoms with E-state index in [9.17, 15) is 31.1 Å². The number of ether oxygens (including phenoxy) is 1. The van der Waals surface area contributed by atoms with Crippen LogP contribution in [-0.2, 0) is 34.0 Å². The molecule has 4 rings (SSSR count). The molecule has 2 heterocycles. The van der Waals surface area contributed by atoms with Crippen molar-refractivity contribution in [2.75, 3.05) is 13.2 Å². The first-order valence-corrected chi connectivity index (χ1v) is 10.9. The summed E-state index contributed by atoms with van der Waals surface area (Å²) in [7, 11) is 0. The van der Waals surface area contributed by atoms with Gasteiger partial charge in [0.05, 0.1) is 35.9 Å². The van der Waals surface area contributed by atoms with Crippen LogP contribution in [0.4, 0.5) is 26.3 Å². The normalized spacial score (nSPS) is 25.5. The number of benzene rings is 2. The van der Waals surface area contributed by atoms with Gasteiger partial charge in [0.25, 0.3) is 0 Å². The van der Waals surface area contributed by atoms with Crippen molar-refractivity contribution >= 4 is 5.91 Å². The zero-order valence-corrected chi connectivity index (χ0v) is 18.1. The molecule has 10 heteroatoms. The molecule has 1 amide bonds. The van der Waals surface area contributed by atoms with Crippen molar-refractivity contribution in [3.63, 3.8) is 0 Å². The highest BCUT2D eigenvalue weighted by Crippen LogP contribution is 2.39. The Bertz CT molecular complexity index is 992. The van der Waals surface area contributed by atoms with Crippen molar-refractivity contribution in [1.82, 2.24) is 10.6 Å². The molecule has 34 heavy (non-hydrogen) atoms. The van der Waals surface area contributed by atoms with E-state index in [-0.39, 0.29) is 36.1 Å². The van der Waals surface area contributed by atoms with Crippen LogP contribution < -0.4 is 10.6 Å². The maximum Gasteiger partial charge on any atom is 0.416 e. The minimum absolute atomic E-state index is 0.0386. The summed E-state index contributed by atoms with van der Waals surface area (Å²) in [4.78, 5) is 12.9. The Hall–Kier alpha value is -2.59. The summed E-state index contributed by atoms with van der Waals surface area (Å²) in [6.07, 6.45) is -7.58. The predicted molar refractivity (Wildman–Crippen MR) is 111 cm³/mol. The lowest BCUT2D eigenvalue weighted by atomic mass is 9.72. The standard InChI is InChI=1S/C24H24F6N2O2/c25-23(26,27)18-9-15(10-19(11-18)24(28,29)30)13-34-14-22(17-6-2-1-3-7-17)12-16-5-4-8-31-20(16)21(33)32-22/h1-3,6-7,9-11,16,20,31H,4-5,8,12-14H2,(H,32,33)/t16-,20-,22-/m0/s1. The monoisotopic (exact) mass is 486 g/mol. The average molecular weight is 486 g/mol. The Morgan fingerprint density at radius 2 is 1.62 bits per heavy atom. The third-order valence-electron chi connectivity index (χ3n) is 6.43. The van der Waals surface area contributed by atoms with Crippen molar-refractivity contribution < 1.29 is 35.9 Å². The van der Waals surface area contributed by atoms with Gasteiger partial charge in [0.2, 0.25) is 5.91 Å².